The van der Waals surface area contributed by atoms with Gasteiger partial charge in [0.05, 0.1) is 0 Å². The summed E-state index contributed by atoms with van der Waals surface area (Å²) in [6.45, 7) is 1.90. The highest BCUT2D eigenvalue weighted by atomic mass is 32.2. The van der Waals surface area contributed by atoms with Crippen LogP contribution in [0.2, 0.25) is 6.04 Å². The topological polar surface area (TPSA) is 43.4 Å². The number of hydrogen-bond donors (Lipinski definition) is 0. The molecule has 0 bridgehead atoms. The second kappa shape index (κ2) is 7.71. The van der Waals surface area contributed by atoms with Crippen LogP contribution in [0.15, 0.2) is 60.7 Å². The summed E-state index contributed by atoms with van der Waals surface area (Å²) >= 11 is 0. The van der Waals surface area contributed by atoms with Crippen LogP contribution in [0.3, 0.4) is 0 Å². The molecule has 8 heteroatoms. The molecule has 0 N–H and O–H groups in total. The summed E-state index contributed by atoms with van der Waals surface area (Å²) < 4.78 is 67.9. The fourth-order valence-electron chi connectivity index (χ4n) is 2.67. The van der Waals surface area contributed by atoms with Crippen LogP contribution >= 0.6 is 0 Å². The molecule has 0 unspecified atom stereocenters. The Morgan fingerprint density at radius 1 is 0.920 bits per heavy atom. The molecule has 136 valence electrons. The number of rotatable bonds is 7. The first-order valence-electron chi connectivity index (χ1n) is 7.86. The number of halogens is 3. The molecule has 3 nitrogen and oxygen atoms in total. The molecule has 2 rings (SSSR count). The quantitative estimate of drug-likeness (QED) is 0.539. The molecule has 2 aromatic carbocycles. The van der Waals surface area contributed by atoms with E-state index in [-0.39, 0.29) is 6.04 Å². The molecule has 2 aromatic rings. The minimum atomic E-state index is -5.72. The lowest BCUT2D eigenvalue weighted by atomic mass is 10.4. The van der Waals surface area contributed by atoms with Crippen molar-refractivity contribution in [3.63, 3.8) is 0 Å². The van der Waals surface area contributed by atoms with Crippen LogP contribution in [0.4, 0.5) is 13.2 Å². The predicted molar refractivity (Wildman–Crippen MR) is 93.7 cm³/mol. The molecule has 0 saturated heterocycles. The molecule has 0 fully saturated rings. The maximum atomic E-state index is 13.0. The van der Waals surface area contributed by atoms with Gasteiger partial charge in [-0.2, -0.15) is 21.6 Å². The summed E-state index contributed by atoms with van der Waals surface area (Å²) in [5.74, 6) is 0. The highest BCUT2D eigenvalue weighted by Crippen LogP contribution is 2.29. The zero-order valence-corrected chi connectivity index (χ0v) is 15.5. The Kier molecular flexibility index (Phi) is 6.07. The molecule has 0 atom stereocenters. The standard InChI is InChI=1S/C17H19F3O3SSi/c1-2-3-14-25(15-10-6-4-7-11-15,16-12-8-5-9-13-16)23-24(21,22)17(18,19)20/h4-13H,2-3,14H2,1H3. The highest BCUT2D eigenvalue weighted by molar-refractivity contribution is 7.88. The molecular formula is C17H19F3O3SSi. The second-order valence-corrected chi connectivity index (χ2v) is 11.0. The lowest BCUT2D eigenvalue weighted by Gasteiger charge is -2.31. The molecule has 0 heterocycles. The average Bonchev–Trinajstić information content (AvgIpc) is 2.59. The Bertz CT molecular complexity index is 738. The van der Waals surface area contributed by atoms with Crippen LogP contribution in [0.25, 0.3) is 0 Å². The smallest absolute Gasteiger partial charge is 0.297 e. The zero-order chi connectivity index (χ0) is 18.6. The Labute approximate surface area is 146 Å². The van der Waals surface area contributed by atoms with Gasteiger partial charge >= 0.3 is 15.6 Å². The van der Waals surface area contributed by atoms with Crippen molar-refractivity contribution in [2.75, 3.05) is 0 Å². The minimum Gasteiger partial charge on any atom is -0.297 e. The van der Waals surface area contributed by atoms with Crippen LogP contribution in [-0.4, -0.2) is 22.2 Å². The van der Waals surface area contributed by atoms with Gasteiger partial charge < -0.3 is 0 Å². The molecular weight excluding hydrogens is 369 g/mol. The molecule has 0 spiro atoms. The molecule has 25 heavy (non-hydrogen) atoms. The van der Waals surface area contributed by atoms with Gasteiger partial charge in [0, 0.05) is 0 Å². The summed E-state index contributed by atoms with van der Waals surface area (Å²) in [7, 11) is -9.34. The average molecular weight is 388 g/mol. The Morgan fingerprint density at radius 2 is 1.36 bits per heavy atom. The molecule has 0 radical (unpaired) electrons. The van der Waals surface area contributed by atoms with E-state index < -0.39 is 23.9 Å². The third-order valence-corrected chi connectivity index (χ3v) is 10.1. The lowest BCUT2D eigenvalue weighted by molar-refractivity contribution is -0.0502. The van der Waals surface area contributed by atoms with Crippen molar-refractivity contribution in [1.82, 2.24) is 0 Å². The Balaban J connectivity index is 2.68. The van der Waals surface area contributed by atoms with E-state index in [4.69, 9.17) is 3.87 Å². The van der Waals surface area contributed by atoms with Gasteiger partial charge in [0.2, 0.25) is 0 Å². The summed E-state index contributed by atoms with van der Waals surface area (Å²) in [6, 6.07) is 17.0. The molecule has 0 aromatic heterocycles. The van der Waals surface area contributed by atoms with Crippen molar-refractivity contribution >= 4 is 28.8 Å². The van der Waals surface area contributed by atoms with Gasteiger partial charge in [-0.3, -0.25) is 3.87 Å². The largest absolute Gasteiger partial charge is 0.522 e. The fourth-order valence-corrected chi connectivity index (χ4v) is 8.87. The maximum absolute atomic E-state index is 13.0. The molecule has 0 aliphatic carbocycles. The normalized spacial score (nSPS) is 13.0. The Morgan fingerprint density at radius 3 is 1.72 bits per heavy atom. The van der Waals surface area contributed by atoms with Crippen LogP contribution in [0.1, 0.15) is 19.8 Å². The van der Waals surface area contributed by atoms with E-state index in [9.17, 15) is 21.6 Å². The predicted octanol–water partition coefficient (Wildman–Crippen LogP) is 3.41. The number of hydrogen-bond acceptors (Lipinski definition) is 3. The SMILES string of the molecule is CCCC[Si](OS(=O)(=O)C(F)(F)F)(c1ccccc1)c1ccccc1. The van der Waals surface area contributed by atoms with Crippen LogP contribution in [0.5, 0.6) is 0 Å². The third-order valence-electron chi connectivity index (χ3n) is 3.90. The van der Waals surface area contributed by atoms with Gasteiger partial charge in [0.1, 0.15) is 0 Å². The van der Waals surface area contributed by atoms with E-state index in [1.807, 2.05) is 6.92 Å². The van der Waals surface area contributed by atoms with E-state index in [0.29, 0.717) is 23.2 Å². The lowest BCUT2D eigenvalue weighted by Crippen LogP contribution is -2.62. The van der Waals surface area contributed by atoms with E-state index in [1.165, 1.54) is 0 Å². The minimum absolute atomic E-state index is 0.243. The second-order valence-electron chi connectivity index (χ2n) is 5.65. The monoisotopic (exact) mass is 388 g/mol. The number of alkyl halides is 3. The van der Waals surface area contributed by atoms with Crippen molar-refractivity contribution < 1.29 is 25.5 Å². The van der Waals surface area contributed by atoms with Crippen molar-refractivity contribution in [2.24, 2.45) is 0 Å². The third kappa shape index (κ3) is 4.31. The van der Waals surface area contributed by atoms with Crippen molar-refractivity contribution in [2.45, 2.75) is 31.3 Å². The maximum Gasteiger partial charge on any atom is 0.522 e. The van der Waals surface area contributed by atoms with E-state index in [1.54, 1.807) is 60.7 Å². The first-order chi connectivity index (χ1) is 11.7. The van der Waals surface area contributed by atoms with Crippen LogP contribution in [-0.2, 0) is 14.0 Å². The van der Waals surface area contributed by atoms with Crippen molar-refractivity contribution in [3.05, 3.63) is 60.7 Å². The summed E-state index contributed by atoms with van der Waals surface area (Å²) in [6.07, 6.45) is 1.27. The van der Waals surface area contributed by atoms with E-state index in [0.717, 1.165) is 0 Å². The molecule has 0 amide bonds. The number of unbranched alkanes of at least 4 members (excludes halogenated alkanes) is 1. The number of benzene rings is 2. The first-order valence-corrected chi connectivity index (χ1v) is 11.4. The van der Waals surface area contributed by atoms with Crippen LogP contribution < -0.4 is 10.4 Å². The van der Waals surface area contributed by atoms with Gasteiger partial charge in [0.25, 0.3) is 8.32 Å². The van der Waals surface area contributed by atoms with Gasteiger partial charge in [-0.05, 0) is 16.4 Å². The molecule has 0 aliphatic heterocycles. The van der Waals surface area contributed by atoms with E-state index in [2.05, 4.69) is 0 Å². The van der Waals surface area contributed by atoms with Gasteiger partial charge in [-0.25, -0.2) is 0 Å². The van der Waals surface area contributed by atoms with E-state index >= 15 is 0 Å². The van der Waals surface area contributed by atoms with Gasteiger partial charge in [0.15, 0.2) is 0 Å². The van der Waals surface area contributed by atoms with Crippen LogP contribution in [0, 0.1) is 0 Å². The molecule has 0 saturated carbocycles. The summed E-state index contributed by atoms with van der Waals surface area (Å²) in [5.41, 5.74) is -5.46. The summed E-state index contributed by atoms with van der Waals surface area (Å²) in [4.78, 5) is 0. The van der Waals surface area contributed by atoms with Crippen molar-refractivity contribution in [3.8, 4) is 0 Å². The fraction of sp³-hybridized carbons (Fsp3) is 0.294. The first kappa shape index (κ1) is 19.7. The highest BCUT2D eigenvalue weighted by Gasteiger charge is 2.54. The summed E-state index contributed by atoms with van der Waals surface area (Å²) in [5, 5.41) is 1.00. The van der Waals surface area contributed by atoms with Gasteiger partial charge in [-0.15, -0.1) is 0 Å². The van der Waals surface area contributed by atoms with Crippen molar-refractivity contribution in [1.29, 1.82) is 0 Å². The van der Waals surface area contributed by atoms with Gasteiger partial charge in [-0.1, -0.05) is 80.4 Å². The molecule has 0 aliphatic rings. The Hall–Kier alpha value is -1.64. The zero-order valence-electron chi connectivity index (χ0n) is 13.7.